The second kappa shape index (κ2) is 37.5. The molecule has 2 unspecified atom stereocenters. The third-order valence-electron chi connectivity index (χ3n) is 9.28. The SMILES string of the molecule is COC1(C)COC(=O)OC1.O=C1COC(=O)OC1.O=C1OC=CCO1.O=C1OCC(CO)O1.O=C1OCC(COCc2ccccc2)O1.O=C1OCC(O)CO1.O=C1OCC(OCc2ccccc2)CO1.O=C1OCCCO1. The Morgan fingerprint density at radius 2 is 1.01 bits per heavy atom. The van der Waals surface area contributed by atoms with Crippen molar-refractivity contribution in [3.63, 3.8) is 0 Å². The average Bonchev–Trinajstić information content (AvgIpc) is 4.10. The predicted octanol–water partition coefficient (Wildman–Crippen LogP) is 4.00. The molecule has 30 nitrogen and oxygen atoms in total. The van der Waals surface area contributed by atoms with Gasteiger partial charge in [0.1, 0.15) is 77.3 Å². The Hall–Kier alpha value is -8.19. The van der Waals surface area contributed by atoms with E-state index in [2.05, 4.69) is 61.6 Å². The molecule has 8 aliphatic rings. The molecule has 432 valence electrons. The van der Waals surface area contributed by atoms with Crippen LogP contribution in [0.1, 0.15) is 24.5 Å². The van der Waals surface area contributed by atoms with Gasteiger partial charge in [-0.25, -0.2) is 38.4 Å². The molecule has 0 bridgehead atoms. The second-order valence-corrected chi connectivity index (χ2v) is 15.8. The van der Waals surface area contributed by atoms with Gasteiger partial charge >= 0.3 is 49.2 Å². The number of hydrogen-bond donors (Lipinski definition) is 2. The van der Waals surface area contributed by atoms with Crippen LogP contribution in [-0.2, 0) is 108 Å². The Bertz CT molecular complexity index is 2100. The van der Waals surface area contributed by atoms with Crippen molar-refractivity contribution in [3.05, 3.63) is 84.1 Å². The van der Waals surface area contributed by atoms with E-state index in [1.165, 1.54) is 6.26 Å². The van der Waals surface area contributed by atoms with Crippen LogP contribution < -0.4 is 0 Å². The molecule has 78 heavy (non-hydrogen) atoms. The van der Waals surface area contributed by atoms with Crippen molar-refractivity contribution in [2.75, 3.05) is 106 Å². The molecular weight excluding hydrogens is 1060 g/mol. The van der Waals surface area contributed by atoms with Crippen molar-refractivity contribution < 1.29 is 143 Å². The number of Topliss-reactive ketones (excluding diaryl/α,β-unsaturated/α-hetero) is 1. The van der Waals surface area contributed by atoms with Crippen LogP contribution in [0, 0.1) is 0 Å². The van der Waals surface area contributed by atoms with E-state index in [1.807, 2.05) is 67.6 Å². The molecule has 0 saturated carbocycles. The number of ether oxygens (including phenoxy) is 19. The van der Waals surface area contributed by atoms with E-state index in [0.717, 1.165) is 17.5 Å². The largest absolute Gasteiger partial charge is 0.513 e. The number of ketones is 1. The minimum absolute atomic E-state index is 0.0544. The van der Waals surface area contributed by atoms with Gasteiger partial charge in [-0.05, 0) is 24.1 Å². The number of carbonyl (C=O) groups excluding carboxylic acids is 9. The van der Waals surface area contributed by atoms with Gasteiger partial charge in [0.15, 0.2) is 25.4 Å². The summed E-state index contributed by atoms with van der Waals surface area (Å²) >= 11 is 0. The first kappa shape index (κ1) is 64.1. The predicted molar refractivity (Wildman–Crippen MR) is 250 cm³/mol. The monoisotopic (exact) mass is 1120 g/mol. The summed E-state index contributed by atoms with van der Waals surface area (Å²) in [4.78, 5) is 91.9. The van der Waals surface area contributed by atoms with Crippen molar-refractivity contribution >= 4 is 55.0 Å². The number of cyclic esters (lactones) is 16. The number of carbonyl (C=O) groups is 9. The summed E-state index contributed by atoms with van der Waals surface area (Å²) in [5, 5.41) is 17.0. The van der Waals surface area contributed by atoms with E-state index in [1.54, 1.807) is 13.2 Å². The number of aliphatic hydroxyl groups excluding tert-OH is 2. The lowest BCUT2D eigenvalue weighted by Gasteiger charge is -2.30. The zero-order valence-electron chi connectivity index (χ0n) is 42.3. The molecule has 0 aliphatic carbocycles. The van der Waals surface area contributed by atoms with Gasteiger partial charge in [-0.1, -0.05) is 60.7 Å². The van der Waals surface area contributed by atoms with E-state index in [0.29, 0.717) is 39.6 Å². The van der Waals surface area contributed by atoms with Crippen molar-refractivity contribution in [1.29, 1.82) is 0 Å². The maximum atomic E-state index is 10.6. The van der Waals surface area contributed by atoms with Crippen molar-refractivity contribution in [3.8, 4) is 0 Å². The summed E-state index contributed by atoms with van der Waals surface area (Å²) in [7, 11) is 1.56. The standard InChI is InChI=1S/2C11H12O4.C6H10O4.C4H6O4.C4H4O4.C4H6O4.C4H6O3.C4H4O3/c12-11-14-7-10(8-15-11)13-6-9-4-2-1-3-5-9;12-11-14-8-10(15-11)7-13-6-9-4-2-1-3-5-9;1-6(8-2)3-9-5(7)10-4-6;2*5-3-1-7-4(6)8-2-3;5-1-3-2-7-4(6)8-3;2*5-4-6-2-1-3-7-4/h2*1-5,10H,6-8H2;3-4H2,1-2H3;3,5H,1-2H2;1-2H2;3,5H,1-2H2;1-3H2;1-2H,3H2. The van der Waals surface area contributed by atoms with Gasteiger partial charge in [0.05, 0.1) is 45.9 Å². The lowest BCUT2D eigenvalue weighted by molar-refractivity contribution is -0.131. The smallest absolute Gasteiger partial charge is 0.434 e. The zero-order chi connectivity index (χ0) is 56.8. The molecule has 0 aromatic heterocycles. The molecule has 8 heterocycles. The number of methoxy groups -OCH3 is 1. The molecule has 8 aliphatic heterocycles. The van der Waals surface area contributed by atoms with Crippen molar-refractivity contribution in [2.45, 2.75) is 56.6 Å². The van der Waals surface area contributed by atoms with Gasteiger partial charge in [0.25, 0.3) is 0 Å². The molecule has 10 rings (SSSR count). The van der Waals surface area contributed by atoms with Gasteiger partial charge in [0.2, 0.25) is 5.78 Å². The number of hydrogen-bond acceptors (Lipinski definition) is 30. The molecule has 7 saturated heterocycles. The van der Waals surface area contributed by atoms with Crippen molar-refractivity contribution in [2.24, 2.45) is 0 Å². The highest BCUT2D eigenvalue weighted by Gasteiger charge is 2.33. The fraction of sp³-hybridized carbons (Fsp3) is 0.521. The topological polar surface area (TPSA) is 369 Å². The molecule has 2 atom stereocenters. The highest BCUT2D eigenvalue weighted by Crippen LogP contribution is 2.15. The van der Waals surface area contributed by atoms with Crippen LogP contribution in [0.4, 0.5) is 38.4 Å². The molecule has 0 radical (unpaired) electrons. The van der Waals surface area contributed by atoms with Gasteiger partial charge in [-0.3, -0.25) is 4.79 Å². The summed E-state index contributed by atoms with van der Waals surface area (Å²) in [5.41, 5.74) is 1.73. The Morgan fingerprint density at radius 1 is 0.538 bits per heavy atom. The van der Waals surface area contributed by atoms with Crippen LogP contribution in [0.3, 0.4) is 0 Å². The maximum Gasteiger partial charge on any atom is 0.513 e. The van der Waals surface area contributed by atoms with Crippen LogP contribution in [0.5, 0.6) is 0 Å². The normalized spacial score (nSPS) is 20.5. The molecule has 0 amide bonds. The zero-order valence-corrected chi connectivity index (χ0v) is 42.3. The third-order valence-corrected chi connectivity index (χ3v) is 9.28. The number of benzene rings is 2. The van der Waals surface area contributed by atoms with E-state index < -0.39 is 67.1 Å². The molecule has 7 fully saturated rings. The van der Waals surface area contributed by atoms with Crippen LogP contribution in [0.2, 0.25) is 0 Å². The molecule has 2 aromatic rings. The minimum Gasteiger partial charge on any atom is -0.434 e. The first-order valence-electron chi connectivity index (χ1n) is 23.3. The fourth-order valence-corrected chi connectivity index (χ4v) is 5.19. The van der Waals surface area contributed by atoms with Gasteiger partial charge in [0, 0.05) is 13.5 Å². The minimum atomic E-state index is -0.760. The molecule has 30 heteroatoms. The highest BCUT2D eigenvalue weighted by molar-refractivity contribution is 5.86. The first-order valence-corrected chi connectivity index (χ1v) is 23.3. The van der Waals surface area contributed by atoms with E-state index in [-0.39, 0.29) is 90.7 Å². The summed E-state index contributed by atoms with van der Waals surface area (Å²) < 4.78 is 87.0. The number of rotatable bonds is 9. The van der Waals surface area contributed by atoms with Crippen LogP contribution in [-0.4, -0.2) is 201 Å². The Labute approximate surface area is 444 Å². The van der Waals surface area contributed by atoms with E-state index >= 15 is 0 Å². The summed E-state index contributed by atoms with van der Waals surface area (Å²) in [6.45, 7) is 5.78. The Morgan fingerprint density at radius 3 is 1.41 bits per heavy atom. The lowest BCUT2D eigenvalue weighted by atomic mass is 10.1. The Kier molecular flexibility index (Phi) is 30.8. The summed E-state index contributed by atoms with van der Waals surface area (Å²) in [6.07, 6.45) is -2.91. The van der Waals surface area contributed by atoms with E-state index in [4.69, 9.17) is 38.6 Å². The van der Waals surface area contributed by atoms with Crippen LogP contribution >= 0.6 is 0 Å². The average molecular weight is 1120 g/mol. The second-order valence-electron chi connectivity index (χ2n) is 15.8. The highest BCUT2D eigenvalue weighted by atomic mass is 16.8. The lowest BCUT2D eigenvalue weighted by Crippen LogP contribution is -2.44. The van der Waals surface area contributed by atoms with Crippen LogP contribution in [0.15, 0.2) is 73.0 Å². The molecule has 2 aromatic carbocycles. The van der Waals surface area contributed by atoms with Crippen LogP contribution in [0.25, 0.3) is 0 Å². The van der Waals surface area contributed by atoms with Gasteiger partial charge in [-0.15, -0.1) is 0 Å². The van der Waals surface area contributed by atoms with Gasteiger partial charge in [-0.2, -0.15) is 0 Å². The molecule has 2 N–H and O–H groups in total. The maximum absolute atomic E-state index is 10.6. The quantitative estimate of drug-likeness (QED) is 0.265. The fourth-order valence-electron chi connectivity index (χ4n) is 5.19. The van der Waals surface area contributed by atoms with Crippen molar-refractivity contribution in [1.82, 2.24) is 0 Å². The Balaban J connectivity index is 0.000000239. The summed E-state index contributed by atoms with van der Waals surface area (Å²) in [5.74, 6) is -0.204. The first-order chi connectivity index (χ1) is 37.5. The molecule has 0 spiro atoms. The third kappa shape index (κ3) is 30.4. The molecular formula is C48H60O30. The van der Waals surface area contributed by atoms with Gasteiger partial charge < -0.3 is 100 Å². The number of aliphatic hydroxyl groups is 2. The summed E-state index contributed by atoms with van der Waals surface area (Å²) in [6, 6.07) is 19.7. The van der Waals surface area contributed by atoms with E-state index in [9.17, 15) is 43.2 Å².